The van der Waals surface area contributed by atoms with Gasteiger partial charge in [-0.1, -0.05) is 20.8 Å². The Bertz CT molecular complexity index is 508. The molecule has 5 nitrogen and oxygen atoms in total. The lowest BCUT2D eigenvalue weighted by molar-refractivity contribution is -0.123. The minimum absolute atomic E-state index is 0.0517. The molecule has 0 saturated heterocycles. The second kappa shape index (κ2) is 6.26. The number of benzene rings is 1. The number of hydrogen-bond acceptors (Lipinski definition) is 3. The lowest BCUT2D eigenvalue weighted by atomic mass is 9.95. The SMILES string of the molecule is CC(C)(N)CC(=O)Nc1ccc(NC(=O)C(C)(C)C)cc1. The molecule has 4 N–H and O–H groups in total. The highest BCUT2D eigenvalue weighted by Gasteiger charge is 2.21. The second-order valence-electron chi connectivity index (χ2n) is 7.00. The fraction of sp³-hybridized carbons (Fsp3) is 0.500. The highest BCUT2D eigenvalue weighted by Crippen LogP contribution is 2.19. The lowest BCUT2D eigenvalue weighted by Gasteiger charge is -2.18. The number of rotatable bonds is 4. The van der Waals surface area contributed by atoms with Gasteiger partial charge in [0.2, 0.25) is 11.8 Å². The zero-order chi connectivity index (χ0) is 16.3. The van der Waals surface area contributed by atoms with Crippen LogP contribution in [0.25, 0.3) is 0 Å². The molecule has 0 fully saturated rings. The first kappa shape index (κ1) is 17.2. The molecule has 0 spiro atoms. The number of nitrogens with one attached hydrogen (secondary N) is 2. The number of hydrogen-bond donors (Lipinski definition) is 3. The van der Waals surface area contributed by atoms with Crippen LogP contribution in [0.4, 0.5) is 11.4 Å². The van der Waals surface area contributed by atoms with Gasteiger partial charge in [0.25, 0.3) is 0 Å². The van der Waals surface area contributed by atoms with E-state index in [0.717, 1.165) is 0 Å². The summed E-state index contributed by atoms with van der Waals surface area (Å²) >= 11 is 0. The van der Waals surface area contributed by atoms with Gasteiger partial charge in [-0.15, -0.1) is 0 Å². The average Bonchev–Trinajstić information content (AvgIpc) is 2.27. The molecule has 0 unspecified atom stereocenters. The van der Waals surface area contributed by atoms with Gasteiger partial charge in [0.15, 0.2) is 0 Å². The summed E-state index contributed by atoms with van der Waals surface area (Å²) in [5.41, 5.74) is 6.20. The second-order valence-corrected chi connectivity index (χ2v) is 7.00. The molecule has 0 saturated carbocycles. The van der Waals surface area contributed by atoms with Gasteiger partial charge in [0.05, 0.1) is 0 Å². The molecule has 0 radical (unpaired) electrons. The van der Waals surface area contributed by atoms with Gasteiger partial charge >= 0.3 is 0 Å². The first-order chi connectivity index (χ1) is 9.47. The maximum atomic E-state index is 11.9. The molecule has 0 aliphatic carbocycles. The maximum Gasteiger partial charge on any atom is 0.229 e. The van der Waals surface area contributed by atoms with E-state index in [1.165, 1.54) is 0 Å². The van der Waals surface area contributed by atoms with Crippen LogP contribution in [0.1, 0.15) is 41.0 Å². The summed E-state index contributed by atoms with van der Waals surface area (Å²) in [5, 5.41) is 5.61. The maximum absolute atomic E-state index is 11.9. The molecule has 0 heterocycles. The highest BCUT2D eigenvalue weighted by molar-refractivity contribution is 5.95. The molecule has 21 heavy (non-hydrogen) atoms. The van der Waals surface area contributed by atoms with Crippen LogP contribution in [0.15, 0.2) is 24.3 Å². The summed E-state index contributed by atoms with van der Waals surface area (Å²) in [6.45, 7) is 9.16. The Morgan fingerprint density at radius 2 is 1.38 bits per heavy atom. The van der Waals surface area contributed by atoms with Crippen LogP contribution in [0.5, 0.6) is 0 Å². The summed E-state index contributed by atoms with van der Waals surface area (Å²) in [7, 11) is 0. The van der Waals surface area contributed by atoms with Crippen molar-refractivity contribution in [2.45, 2.75) is 46.6 Å². The Hall–Kier alpha value is -1.88. The van der Waals surface area contributed by atoms with Gasteiger partial charge in [-0.3, -0.25) is 9.59 Å². The van der Waals surface area contributed by atoms with Crippen LogP contribution >= 0.6 is 0 Å². The summed E-state index contributed by atoms with van der Waals surface area (Å²) in [6.07, 6.45) is 0.246. The number of anilines is 2. The molecule has 0 aromatic heterocycles. The van der Waals surface area contributed by atoms with Crippen molar-refractivity contribution >= 4 is 23.2 Å². The highest BCUT2D eigenvalue weighted by atomic mass is 16.2. The van der Waals surface area contributed by atoms with Gasteiger partial charge in [-0.05, 0) is 38.1 Å². The largest absolute Gasteiger partial charge is 0.326 e. The van der Waals surface area contributed by atoms with E-state index < -0.39 is 11.0 Å². The zero-order valence-electron chi connectivity index (χ0n) is 13.4. The molecular formula is C16H25N3O2. The van der Waals surface area contributed by atoms with E-state index >= 15 is 0 Å². The molecule has 0 bridgehead atoms. The molecule has 1 aromatic rings. The Balaban J connectivity index is 2.63. The first-order valence-corrected chi connectivity index (χ1v) is 6.98. The third kappa shape index (κ3) is 6.40. The van der Waals surface area contributed by atoms with Crippen LogP contribution in [-0.4, -0.2) is 17.4 Å². The fourth-order valence-corrected chi connectivity index (χ4v) is 1.57. The van der Waals surface area contributed by atoms with Gasteiger partial charge in [-0.2, -0.15) is 0 Å². The summed E-state index contributed by atoms with van der Waals surface area (Å²) in [5.74, 6) is -0.182. The zero-order valence-corrected chi connectivity index (χ0v) is 13.4. The molecule has 0 aliphatic rings. The van der Waals surface area contributed by atoms with Crippen LogP contribution < -0.4 is 16.4 Å². The third-order valence-corrected chi connectivity index (χ3v) is 2.72. The van der Waals surface area contributed by atoms with Gasteiger partial charge in [-0.25, -0.2) is 0 Å². The summed E-state index contributed by atoms with van der Waals surface area (Å²) in [4.78, 5) is 23.6. The fourth-order valence-electron chi connectivity index (χ4n) is 1.57. The van der Waals surface area contributed by atoms with E-state index in [1.807, 2.05) is 20.8 Å². The van der Waals surface area contributed by atoms with Gasteiger partial charge in [0.1, 0.15) is 0 Å². The van der Waals surface area contributed by atoms with E-state index in [-0.39, 0.29) is 18.2 Å². The van der Waals surface area contributed by atoms with Crippen molar-refractivity contribution in [3.05, 3.63) is 24.3 Å². The van der Waals surface area contributed by atoms with E-state index in [2.05, 4.69) is 10.6 Å². The van der Waals surface area contributed by atoms with Crippen LogP contribution in [0.2, 0.25) is 0 Å². The first-order valence-electron chi connectivity index (χ1n) is 6.98. The lowest BCUT2D eigenvalue weighted by Crippen LogP contribution is -2.36. The smallest absolute Gasteiger partial charge is 0.229 e. The minimum Gasteiger partial charge on any atom is -0.326 e. The average molecular weight is 291 g/mol. The van der Waals surface area contributed by atoms with Crippen molar-refractivity contribution in [1.29, 1.82) is 0 Å². The normalized spacial score (nSPS) is 11.9. The molecule has 1 rings (SSSR count). The van der Waals surface area contributed by atoms with Gasteiger partial charge < -0.3 is 16.4 Å². The molecule has 1 aromatic carbocycles. The third-order valence-electron chi connectivity index (χ3n) is 2.72. The predicted octanol–water partition coefficient (Wildman–Crippen LogP) is 2.74. The monoisotopic (exact) mass is 291 g/mol. The van der Waals surface area contributed by atoms with Crippen LogP contribution in [0.3, 0.4) is 0 Å². The minimum atomic E-state index is -0.537. The Morgan fingerprint density at radius 1 is 0.952 bits per heavy atom. The van der Waals surface area contributed by atoms with E-state index in [4.69, 9.17) is 5.73 Å². The van der Waals surface area contributed by atoms with Crippen LogP contribution in [-0.2, 0) is 9.59 Å². The summed E-state index contributed by atoms with van der Waals surface area (Å²) in [6, 6.07) is 7.01. The van der Waals surface area contributed by atoms with Crippen LogP contribution in [0, 0.1) is 5.41 Å². The molecule has 116 valence electrons. The number of carbonyl (C=O) groups excluding carboxylic acids is 2. The number of amides is 2. The van der Waals surface area contributed by atoms with Crippen molar-refractivity contribution in [2.24, 2.45) is 11.1 Å². The quantitative estimate of drug-likeness (QED) is 0.797. The van der Waals surface area contributed by atoms with E-state index in [0.29, 0.717) is 11.4 Å². The Morgan fingerprint density at radius 3 is 1.76 bits per heavy atom. The van der Waals surface area contributed by atoms with Crippen molar-refractivity contribution < 1.29 is 9.59 Å². The molecule has 0 atom stereocenters. The van der Waals surface area contributed by atoms with Crippen molar-refractivity contribution in [1.82, 2.24) is 0 Å². The van der Waals surface area contributed by atoms with E-state index in [9.17, 15) is 9.59 Å². The van der Waals surface area contributed by atoms with Gasteiger partial charge in [0, 0.05) is 28.7 Å². The predicted molar refractivity (Wildman–Crippen MR) is 86.0 cm³/mol. The summed E-state index contributed by atoms with van der Waals surface area (Å²) < 4.78 is 0. The van der Waals surface area contributed by atoms with Crippen molar-refractivity contribution in [3.8, 4) is 0 Å². The Kier molecular flexibility index (Phi) is 5.12. The molecule has 5 heteroatoms. The topological polar surface area (TPSA) is 84.2 Å². The molecule has 0 aliphatic heterocycles. The molecule has 2 amide bonds. The molecular weight excluding hydrogens is 266 g/mol. The van der Waals surface area contributed by atoms with E-state index in [1.54, 1.807) is 38.1 Å². The Labute approximate surface area is 126 Å². The van der Waals surface area contributed by atoms with Crippen molar-refractivity contribution in [3.63, 3.8) is 0 Å². The standard InChI is InChI=1S/C16H25N3O2/c1-15(2,3)14(21)19-12-8-6-11(7-9-12)18-13(20)10-16(4,5)17/h6-9H,10,17H2,1-5H3,(H,18,20)(H,19,21). The van der Waals surface area contributed by atoms with Crippen molar-refractivity contribution in [2.75, 3.05) is 10.6 Å². The number of carbonyl (C=O) groups is 2. The number of nitrogens with two attached hydrogens (primary N) is 1.